The first-order valence-corrected chi connectivity index (χ1v) is 10.4. The van der Waals surface area contributed by atoms with Crippen molar-refractivity contribution in [2.75, 3.05) is 19.1 Å². The lowest BCUT2D eigenvalue weighted by molar-refractivity contribution is -0.119. The minimum Gasteiger partial charge on any atom is -0.497 e. The highest BCUT2D eigenvalue weighted by Gasteiger charge is 2.28. The molecule has 160 valence electrons. The molecule has 1 aliphatic rings. The SMILES string of the molecule is COc1cccc(CN2C(=O)CCc3c(C)nc(CN(C)Cc4ccncc4)nc32)c1. The molecule has 0 spiro atoms. The molecular weight excluding hydrogens is 390 g/mol. The van der Waals surface area contributed by atoms with Gasteiger partial charge in [-0.1, -0.05) is 12.1 Å². The summed E-state index contributed by atoms with van der Waals surface area (Å²) in [5.41, 5.74) is 4.19. The number of carbonyl (C=O) groups is 1. The van der Waals surface area contributed by atoms with Crippen molar-refractivity contribution in [3.8, 4) is 5.75 Å². The van der Waals surface area contributed by atoms with E-state index < -0.39 is 0 Å². The van der Waals surface area contributed by atoms with Crippen LogP contribution in [0.15, 0.2) is 48.8 Å². The minimum atomic E-state index is 0.0875. The summed E-state index contributed by atoms with van der Waals surface area (Å²) < 4.78 is 5.33. The first-order chi connectivity index (χ1) is 15.0. The number of hydrogen-bond donors (Lipinski definition) is 0. The van der Waals surface area contributed by atoms with Gasteiger partial charge in [0, 0.05) is 36.6 Å². The van der Waals surface area contributed by atoms with Crippen LogP contribution >= 0.6 is 0 Å². The lowest BCUT2D eigenvalue weighted by Crippen LogP contribution is -2.36. The molecule has 0 atom stereocenters. The highest BCUT2D eigenvalue weighted by molar-refractivity contribution is 5.95. The Morgan fingerprint density at radius 1 is 1.06 bits per heavy atom. The number of pyridine rings is 1. The Hall–Kier alpha value is -3.32. The summed E-state index contributed by atoms with van der Waals surface area (Å²) in [5, 5.41) is 0. The fourth-order valence-electron chi connectivity index (χ4n) is 3.92. The average molecular weight is 418 g/mol. The molecule has 0 saturated heterocycles. The third-order valence-electron chi connectivity index (χ3n) is 5.47. The van der Waals surface area contributed by atoms with Gasteiger partial charge in [0.15, 0.2) is 0 Å². The number of benzene rings is 1. The van der Waals surface area contributed by atoms with Crippen LogP contribution in [0.4, 0.5) is 5.82 Å². The molecule has 0 saturated carbocycles. The number of hydrogen-bond acceptors (Lipinski definition) is 6. The van der Waals surface area contributed by atoms with Gasteiger partial charge in [0.2, 0.25) is 5.91 Å². The van der Waals surface area contributed by atoms with Crippen molar-refractivity contribution >= 4 is 11.7 Å². The Labute approximate surface area is 182 Å². The van der Waals surface area contributed by atoms with Gasteiger partial charge in [-0.05, 0) is 55.8 Å². The predicted molar refractivity (Wildman–Crippen MR) is 119 cm³/mol. The monoisotopic (exact) mass is 417 g/mol. The van der Waals surface area contributed by atoms with E-state index in [2.05, 4.69) is 9.88 Å². The molecule has 1 aliphatic heterocycles. The zero-order chi connectivity index (χ0) is 21.8. The molecule has 31 heavy (non-hydrogen) atoms. The normalized spacial score (nSPS) is 13.4. The lowest BCUT2D eigenvalue weighted by atomic mass is 10.0. The van der Waals surface area contributed by atoms with E-state index in [9.17, 15) is 4.79 Å². The molecule has 0 bridgehead atoms. The van der Waals surface area contributed by atoms with Gasteiger partial charge in [-0.15, -0.1) is 0 Å². The summed E-state index contributed by atoms with van der Waals surface area (Å²) >= 11 is 0. The standard InChI is InChI=1S/C24H27N5O2/c1-17-21-7-8-23(30)29(15-19-5-4-6-20(13-19)31-3)24(21)27-22(26-17)16-28(2)14-18-9-11-25-12-10-18/h4-6,9-13H,7-8,14-16H2,1-3H3. The Kier molecular flexibility index (Phi) is 6.23. The van der Waals surface area contributed by atoms with Gasteiger partial charge in [0.1, 0.15) is 17.4 Å². The molecule has 0 radical (unpaired) electrons. The minimum absolute atomic E-state index is 0.0875. The molecule has 3 heterocycles. The van der Waals surface area contributed by atoms with Crippen molar-refractivity contribution < 1.29 is 9.53 Å². The molecule has 7 nitrogen and oxygen atoms in total. The number of anilines is 1. The number of amides is 1. The fraction of sp³-hybridized carbons (Fsp3) is 0.333. The lowest BCUT2D eigenvalue weighted by Gasteiger charge is -2.30. The second kappa shape index (κ2) is 9.22. The largest absolute Gasteiger partial charge is 0.497 e. The van der Waals surface area contributed by atoms with Gasteiger partial charge in [-0.25, -0.2) is 9.97 Å². The number of carbonyl (C=O) groups excluding carboxylic acids is 1. The third kappa shape index (κ3) is 4.88. The zero-order valence-corrected chi connectivity index (χ0v) is 18.2. The predicted octanol–water partition coefficient (Wildman–Crippen LogP) is 3.30. The van der Waals surface area contributed by atoms with Crippen LogP contribution in [0.1, 0.15) is 34.6 Å². The van der Waals surface area contributed by atoms with Gasteiger partial charge in [0.05, 0.1) is 20.2 Å². The molecule has 7 heteroatoms. The quantitative estimate of drug-likeness (QED) is 0.587. The number of nitrogens with zero attached hydrogens (tertiary/aromatic N) is 5. The second-order valence-electron chi connectivity index (χ2n) is 7.89. The Morgan fingerprint density at radius 3 is 2.65 bits per heavy atom. The topological polar surface area (TPSA) is 71.5 Å². The molecule has 0 N–H and O–H groups in total. The fourth-order valence-corrected chi connectivity index (χ4v) is 3.92. The summed E-state index contributed by atoms with van der Waals surface area (Å²) in [6.45, 7) is 3.84. The maximum absolute atomic E-state index is 12.8. The van der Waals surface area contributed by atoms with Gasteiger partial charge < -0.3 is 4.74 Å². The summed E-state index contributed by atoms with van der Waals surface area (Å²) in [6, 6.07) is 11.8. The summed E-state index contributed by atoms with van der Waals surface area (Å²) in [6.07, 6.45) is 4.75. The third-order valence-corrected chi connectivity index (χ3v) is 5.47. The molecule has 0 unspecified atom stereocenters. The van der Waals surface area contributed by atoms with E-state index in [1.165, 1.54) is 5.56 Å². The molecule has 4 rings (SSSR count). The molecule has 1 aromatic carbocycles. The highest BCUT2D eigenvalue weighted by atomic mass is 16.5. The van der Waals surface area contributed by atoms with Crippen molar-refractivity contribution in [2.24, 2.45) is 0 Å². The number of rotatable bonds is 7. The van der Waals surface area contributed by atoms with E-state index in [1.54, 1.807) is 24.4 Å². The van der Waals surface area contributed by atoms with E-state index in [1.807, 2.05) is 50.4 Å². The van der Waals surface area contributed by atoms with Crippen LogP contribution in [0.2, 0.25) is 0 Å². The van der Waals surface area contributed by atoms with Crippen LogP contribution in [0.25, 0.3) is 0 Å². The molecular formula is C24H27N5O2. The van der Waals surface area contributed by atoms with Crippen LogP contribution in [0.3, 0.4) is 0 Å². The summed E-state index contributed by atoms with van der Waals surface area (Å²) in [4.78, 5) is 30.4. The van der Waals surface area contributed by atoms with E-state index in [0.717, 1.165) is 40.8 Å². The van der Waals surface area contributed by atoms with E-state index in [0.29, 0.717) is 25.9 Å². The number of aromatic nitrogens is 3. The van der Waals surface area contributed by atoms with Crippen molar-refractivity contribution in [2.45, 2.75) is 39.4 Å². The zero-order valence-electron chi connectivity index (χ0n) is 18.2. The van der Waals surface area contributed by atoms with Crippen molar-refractivity contribution in [1.29, 1.82) is 0 Å². The smallest absolute Gasteiger partial charge is 0.228 e. The summed E-state index contributed by atoms with van der Waals surface area (Å²) in [7, 11) is 3.68. The van der Waals surface area contributed by atoms with E-state index in [-0.39, 0.29) is 5.91 Å². The van der Waals surface area contributed by atoms with Gasteiger partial charge in [-0.3, -0.25) is 19.6 Å². The molecule has 0 fully saturated rings. The van der Waals surface area contributed by atoms with Crippen molar-refractivity contribution in [3.63, 3.8) is 0 Å². The number of methoxy groups -OCH3 is 1. The number of fused-ring (bicyclic) bond motifs is 1. The molecule has 1 amide bonds. The van der Waals surface area contributed by atoms with Gasteiger partial charge in [0.25, 0.3) is 0 Å². The van der Waals surface area contributed by atoms with Gasteiger partial charge >= 0.3 is 0 Å². The van der Waals surface area contributed by atoms with E-state index in [4.69, 9.17) is 14.7 Å². The Morgan fingerprint density at radius 2 is 1.87 bits per heavy atom. The van der Waals surface area contributed by atoms with E-state index >= 15 is 0 Å². The first kappa shape index (κ1) is 20.9. The maximum atomic E-state index is 12.8. The Bertz CT molecular complexity index is 1070. The molecule has 3 aromatic rings. The summed E-state index contributed by atoms with van der Waals surface area (Å²) in [5.74, 6) is 2.32. The van der Waals surface area contributed by atoms with Gasteiger partial charge in [-0.2, -0.15) is 0 Å². The van der Waals surface area contributed by atoms with Crippen LogP contribution < -0.4 is 9.64 Å². The molecule has 2 aromatic heterocycles. The maximum Gasteiger partial charge on any atom is 0.228 e. The highest BCUT2D eigenvalue weighted by Crippen LogP contribution is 2.30. The van der Waals surface area contributed by atoms with Crippen molar-refractivity contribution in [3.05, 3.63) is 77.0 Å². The number of aryl methyl sites for hydroxylation is 1. The number of ether oxygens (including phenoxy) is 1. The molecule has 0 aliphatic carbocycles. The first-order valence-electron chi connectivity index (χ1n) is 10.4. The second-order valence-corrected chi connectivity index (χ2v) is 7.89. The Balaban J connectivity index is 1.58. The van der Waals surface area contributed by atoms with Crippen LogP contribution in [0, 0.1) is 6.92 Å². The van der Waals surface area contributed by atoms with Crippen LogP contribution in [0.5, 0.6) is 5.75 Å². The average Bonchev–Trinajstić information content (AvgIpc) is 2.76. The van der Waals surface area contributed by atoms with Crippen LogP contribution in [-0.4, -0.2) is 39.9 Å². The van der Waals surface area contributed by atoms with Crippen LogP contribution in [-0.2, 0) is 30.8 Å². The van der Waals surface area contributed by atoms with Crippen molar-refractivity contribution in [1.82, 2.24) is 19.9 Å².